The zero-order chi connectivity index (χ0) is 29.2. The number of hydroxylamine groups is 1. The Labute approximate surface area is 236 Å². The number of esters is 1. The highest BCUT2D eigenvalue weighted by atomic mass is 32.4. The summed E-state index contributed by atoms with van der Waals surface area (Å²) in [4.78, 5) is 34.1. The smallest absolute Gasteiger partial charge is 0.327 e. The molecule has 2 aromatic heterocycles. The highest BCUT2D eigenvalue weighted by Gasteiger charge is 2.55. The van der Waals surface area contributed by atoms with Gasteiger partial charge in [-0.05, 0) is 32.9 Å². The molecule has 218 valence electrons. The first-order valence-electron chi connectivity index (χ1n) is 12.5. The lowest BCUT2D eigenvalue weighted by molar-refractivity contribution is -0.154. The average molecular weight is 598 g/mol. The second kappa shape index (κ2) is 12.3. The van der Waals surface area contributed by atoms with E-state index in [-0.39, 0.29) is 24.8 Å². The van der Waals surface area contributed by atoms with Crippen molar-refractivity contribution in [3.63, 3.8) is 0 Å². The van der Waals surface area contributed by atoms with E-state index in [4.69, 9.17) is 36.4 Å². The van der Waals surface area contributed by atoms with Crippen molar-refractivity contribution in [3.8, 4) is 5.75 Å². The van der Waals surface area contributed by atoms with E-state index in [1.807, 2.05) is 6.07 Å². The molecule has 40 heavy (non-hydrogen) atoms. The van der Waals surface area contributed by atoms with Crippen LogP contribution in [0.4, 0.5) is 16.2 Å². The topological polar surface area (TPSA) is 150 Å². The van der Waals surface area contributed by atoms with E-state index in [1.165, 1.54) is 22.7 Å². The number of ether oxygens (including phenoxy) is 2. The maximum absolute atomic E-state index is 16.0. The zero-order valence-electron chi connectivity index (χ0n) is 22.7. The number of hydrogen-bond donors (Lipinski definition) is 2. The van der Waals surface area contributed by atoms with Crippen LogP contribution in [0.3, 0.4) is 0 Å². The normalized spacial score (nSPS) is 24.2. The summed E-state index contributed by atoms with van der Waals surface area (Å²) in [6.45, 7) is 4.40. The van der Waals surface area contributed by atoms with Gasteiger partial charge in [-0.3, -0.25) is 9.36 Å². The number of aromatic nitrogens is 4. The van der Waals surface area contributed by atoms with Crippen LogP contribution in [-0.2, 0) is 30.6 Å². The number of nitrogens with two attached hydrogens (primary N) is 1. The average Bonchev–Trinajstić information content (AvgIpc) is 3.43. The SMILES string of the molecule is CCOC(=O)[C@@H](C)N(Oc1ccccc1)[PH](=S)OC[C@H]1O[C@@H](n2cnc3c(N(C)C)nc(N)nc32)[C@](C)(F)[C@@H]1O. The van der Waals surface area contributed by atoms with Crippen LogP contribution >= 0.6 is 7.07 Å². The molecule has 4 rings (SSSR count). The summed E-state index contributed by atoms with van der Waals surface area (Å²) in [6, 6.07) is 7.86. The van der Waals surface area contributed by atoms with E-state index in [9.17, 15) is 9.90 Å². The molecule has 16 heteroatoms. The van der Waals surface area contributed by atoms with Crippen molar-refractivity contribution in [2.24, 2.45) is 0 Å². The van der Waals surface area contributed by atoms with E-state index >= 15 is 4.39 Å². The summed E-state index contributed by atoms with van der Waals surface area (Å²) < 4.78 is 34.3. The van der Waals surface area contributed by atoms with Crippen molar-refractivity contribution < 1.29 is 33.1 Å². The number of carbonyl (C=O) groups is 1. The summed E-state index contributed by atoms with van der Waals surface area (Å²) in [7, 11) is 1.10. The summed E-state index contributed by atoms with van der Waals surface area (Å²) >= 11 is 5.58. The number of alkyl halides is 1. The quantitative estimate of drug-likeness (QED) is 0.189. The van der Waals surface area contributed by atoms with E-state index in [2.05, 4.69) is 15.0 Å². The van der Waals surface area contributed by atoms with Crippen molar-refractivity contribution >= 4 is 47.8 Å². The Morgan fingerprint density at radius 1 is 1.35 bits per heavy atom. The molecule has 0 bridgehead atoms. The third kappa shape index (κ3) is 6.04. The Bertz CT molecular complexity index is 1360. The molecule has 0 radical (unpaired) electrons. The molecule has 1 aromatic carbocycles. The summed E-state index contributed by atoms with van der Waals surface area (Å²) in [5, 5.41) is 10.9. The Morgan fingerprint density at radius 3 is 2.70 bits per heavy atom. The number of benzene rings is 1. The van der Waals surface area contributed by atoms with Gasteiger partial charge in [0.1, 0.15) is 24.0 Å². The number of anilines is 2. The molecule has 1 saturated heterocycles. The number of imidazole rings is 1. The number of para-hydroxylation sites is 1. The summed E-state index contributed by atoms with van der Waals surface area (Å²) in [6.07, 6.45) is -2.63. The first-order chi connectivity index (χ1) is 18.9. The highest BCUT2D eigenvalue weighted by molar-refractivity contribution is 8.01. The van der Waals surface area contributed by atoms with Gasteiger partial charge in [0.2, 0.25) is 5.95 Å². The predicted molar refractivity (Wildman–Crippen MR) is 150 cm³/mol. The lowest BCUT2D eigenvalue weighted by atomic mass is 9.98. The first-order valence-corrected chi connectivity index (χ1v) is 15.0. The number of carbonyl (C=O) groups excluding carboxylic acids is 1. The molecule has 3 aromatic rings. The van der Waals surface area contributed by atoms with Gasteiger partial charge in [-0.15, -0.1) is 0 Å². The minimum atomic E-state index is -2.44. The molecule has 3 N–H and O–H groups in total. The standard InChI is InChI=1S/C24H33FN7O6PS/c1-6-35-21(34)14(2)32(38-15-10-8-7-9-11-15)39(40)36-12-16-18(33)24(3,25)22(37-16)31-13-27-17-19(30(4)5)28-23(26)29-20(17)31/h7-11,13-14,16,18,22,33,39H,6,12H2,1-5H3,(H2,26,28,29)/t14-,16-,18-,22-,24-/m1/s1. The number of halogens is 1. The molecular formula is C24H33FN7O6PS. The molecule has 0 spiro atoms. The van der Waals surface area contributed by atoms with Gasteiger partial charge in [0.15, 0.2) is 36.0 Å². The van der Waals surface area contributed by atoms with Crippen molar-refractivity contribution in [1.29, 1.82) is 0 Å². The molecule has 0 saturated carbocycles. The van der Waals surface area contributed by atoms with E-state index in [0.29, 0.717) is 17.1 Å². The second-order valence-corrected chi connectivity index (χ2v) is 11.8. The van der Waals surface area contributed by atoms with Crippen LogP contribution in [0.15, 0.2) is 36.7 Å². The van der Waals surface area contributed by atoms with Gasteiger partial charge < -0.3 is 34.6 Å². The van der Waals surface area contributed by atoms with Crippen molar-refractivity contribution in [2.45, 2.75) is 50.9 Å². The van der Waals surface area contributed by atoms with Crippen LogP contribution in [0.2, 0.25) is 0 Å². The van der Waals surface area contributed by atoms with Gasteiger partial charge in [0.25, 0.3) is 0 Å². The van der Waals surface area contributed by atoms with Gasteiger partial charge in [-0.2, -0.15) is 9.97 Å². The summed E-state index contributed by atoms with van der Waals surface area (Å²) in [5.41, 5.74) is 4.27. The molecule has 0 aliphatic carbocycles. The van der Waals surface area contributed by atoms with Gasteiger partial charge in [-0.1, -0.05) is 34.8 Å². The maximum Gasteiger partial charge on any atom is 0.327 e. The maximum atomic E-state index is 16.0. The van der Waals surface area contributed by atoms with Gasteiger partial charge in [-0.25, -0.2) is 9.37 Å². The number of nitrogens with zero attached hydrogens (tertiary/aromatic N) is 6. The second-order valence-electron chi connectivity index (χ2n) is 9.48. The first kappa shape index (κ1) is 30.0. The van der Waals surface area contributed by atoms with Gasteiger partial charge >= 0.3 is 5.97 Å². The van der Waals surface area contributed by atoms with Crippen molar-refractivity contribution in [3.05, 3.63) is 36.7 Å². The number of aliphatic hydroxyl groups excluding tert-OH is 1. The van der Waals surface area contributed by atoms with E-state index in [0.717, 1.165) is 0 Å². The van der Waals surface area contributed by atoms with Gasteiger partial charge in [0, 0.05) is 14.1 Å². The monoisotopic (exact) mass is 597 g/mol. The Balaban J connectivity index is 1.53. The Kier molecular flexibility index (Phi) is 9.22. The minimum Gasteiger partial charge on any atom is -0.465 e. The van der Waals surface area contributed by atoms with E-state index in [1.54, 1.807) is 57.1 Å². The summed E-state index contributed by atoms with van der Waals surface area (Å²) in [5.74, 6) is 0.319. The fourth-order valence-electron chi connectivity index (χ4n) is 4.20. The fraction of sp³-hybridized carbons (Fsp3) is 0.500. The third-order valence-electron chi connectivity index (χ3n) is 6.29. The number of aliphatic hydroxyl groups is 1. The van der Waals surface area contributed by atoms with Gasteiger partial charge in [0.05, 0.1) is 19.5 Å². The van der Waals surface area contributed by atoms with Crippen molar-refractivity contribution in [2.75, 3.05) is 37.9 Å². The molecule has 1 unspecified atom stereocenters. The minimum absolute atomic E-state index is 0.0236. The zero-order valence-corrected chi connectivity index (χ0v) is 24.5. The number of nitrogen functional groups attached to an aromatic ring is 1. The number of hydrogen-bond acceptors (Lipinski definition) is 12. The molecule has 13 nitrogen and oxygen atoms in total. The van der Waals surface area contributed by atoms with Crippen molar-refractivity contribution in [1.82, 2.24) is 24.4 Å². The molecule has 1 fully saturated rings. The largest absolute Gasteiger partial charge is 0.465 e. The van der Waals surface area contributed by atoms with Crippen LogP contribution in [0.25, 0.3) is 11.2 Å². The Hall–Kier alpha value is -2.94. The molecule has 6 atom stereocenters. The Morgan fingerprint density at radius 2 is 2.05 bits per heavy atom. The molecule has 0 amide bonds. The lowest BCUT2D eigenvalue weighted by Crippen LogP contribution is -2.41. The fourth-order valence-corrected chi connectivity index (χ4v) is 6.02. The molecule has 3 heterocycles. The van der Waals surface area contributed by atoms with E-state index < -0.39 is 43.2 Å². The van der Waals surface area contributed by atoms with Crippen LogP contribution in [0.5, 0.6) is 5.75 Å². The predicted octanol–water partition coefficient (Wildman–Crippen LogP) is 2.23. The number of rotatable bonds is 11. The lowest BCUT2D eigenvalue weighted by Gasteiger charge is -2.28. The van der Waals surface area contributed by atoms with Crippen LogP contribution in [-0.4, -0.2) is 86.7 Å². The number of fused-ring (bicyclic) bond motifs is 1. The highest BCUT2D eigenvalue weighted by Crippen LogP contribution is 2.44. The van der Waals surface area contributed by atoms with Crippen LogP contribution in [0.1, 0.15) is 27.0 Å². The molecule has 1 aliphatic rings. The van der Waals surface area contributed by atoms with Crippen LogP contribution < -0.4 is 15.5 Å². The molecule has 1 aliphatic heterocycles. The third-order valence-corrected chi connectivity index (χ3v) is 8.44. The molecular weight excluding hydrogens is 564 g/mol. The van der Waals surface area contributed by atoms with Crippen LogP contribution in [0, 0.1) is 0 Å².